The van der Waals surface area contributed by atoms with E-state index < -0.39 is 5.97 Å². The Morgan fingerprint density at radius 3 is 2.95 bits per heavy atom. The first-order valence-corrected chi connectivity index (χ1v) is 7.19. The summed E-state index contributed by atoms with van der Waals surface area (Å²) in [6, 6.07) is 5.33. The molecule has 1 unspecified atom stereocenters. The van der Waals surface area contributed by atoms with Crippen LogP contribution in [-0.2, 0) is 4.74 Å². The summed E-state index contributed by atoms with van der Waals surface area (Å²) >= 11 is 3.31. The molecule has 1 aromatic carbocycles. The highest BCUT2D eigenvalue weighted by atomic mass is 79.9. The van der Waals surface area contributed by atoms with Crippen LogP contribution in [0.1, 0.15) is 23.2 Å². The van der Waals surface area contributed by atoms with Crippen molar-refractivity contribution in [2.24, 2.45) is 5.92 Å². The van der Waals surface area contributed by atoms with E-state index in [0.29, 0.717) is 10.4 Å². The molecule has 1 fully saturated rings. The minimum absolute atomic E-state index is 0.290. The van der Waals surface area contributed by atoms with Crippen LogP contribution in [0.4, 0.5) is 5.69 Å². The lowest BCUT2D eigenvalue weighted by Crippen LogP contribution is -2.30. The predicted octanol–water partition coefficient (Wildman–Crippen LogP) is 3.01. The number of nitrogens with zero attached hydrogens (tertiary/aromatic N) is 1. The molecule has 0 bridgehead atoms. The Balaban J connectivity index is 2.04. The van der Waals surface area contributed by atoms with Gasteiger partial charge < -0.3 is 14.7 Å². The largest absolute Gasteiger partial charge is 0.478 e. The molecular weight excluding hydrogens is 310 g/mol. The maximum atomic E-state index is 11.0. The van der Waals surface area contributed by atoms with Crippen LogP contribution in [0.3, 0.4) is 0 Å². The Morgan fingerprint density at radius 2 is 2.37 bits per heavy atom. The molecule has 0 aliphatic carbocycles. The SMILES string of the molecule is CN(CC1CCCOC1)c1ccc(C(=O)O)c(Br)c1. The molecule has 0 spiro atoms. The molecule has 1 heterocycles. The Bertz CT molecular complexity index is 458. The molecule has 1 N–H and O–H groups in total. The predicted molar refractivity (Wildman–Crippen MR) is 77.9 cm³/mol. The molecule has 5 heteroatoms. The highest BCUT2D eigenvalue weighted by Gasteiger charge is 2.17. The quantitative estimate of drug-likeness (QED) is 0.923. The fourth-order valence-corrected chi connectivity index (χ4v) is 2.90. The summed E-state index contributed by atoms with van der Waals surface area (Å²) in [5.41, 5.74) is 1.31. The van der Waals surface area contributed by atoms with Gasteiger partial charge >= 0.3 is 5.97 Å². The molecule has 2 rings (SSSR count). The van der Waals surface area contributed by atoms with Crippen molar-refractivity contribution in [3.8, 4) is 0 Å². The summed E-state index contributed by atoms with van der Waals surface area (Å²) in [5.74, 6) is -0.363. The van der Waals surface area contributed by atoms with Crippen molar-refractivity contribution < 1.29 is 14.6 Å². The Morgan fingerprint density at radius 1 is 1.58 bits per heavy atom. The lowest BCUT2D eigenvalue weighted by molar-refractivity contribution is 0.0576. The molecular formula is C14H18BrNO3. The average molecular weight is 328 g/mol. The van der Waals surface area contributed by atoms with Gasteiger partial charge in [0.25, 0.3) is 0 Å². The number of hydrogen-bond donors (Lipinski definition) is 1. The zero-order chi connectivity index (χ0) is 13.8. The summed E-state index contributed by atoms with van der Waals surface area (Å²) in [5, 5.41) is 9.00. The van der Waals surface area contributed by atoms with Crippen molar-refractivity contribution in [1.29, 1.82) is 0 Å². The van der Waals surface area contributed by atoms with E-state index in [1.807, 2.05) is 19.2 Å². The molecule has 4 nitrogen and oxygen atoms in total. The van der Waals surface area contributed by atoms with Gasteiger partial charge in [-0.2, -0.15) is 0 Å². The zero-order valence-corrected chi connectivity index (χ0v) is 12.5. The van der Waals surface area contributed by atoms with Crippen LogP contribution < -0.4 is 4.90 Å². The Kier molecular flexibility index (Phi) is 4.82. The van der Waals surface area contributed by atoms with Crippen LogP contribution >= 0.6 is 15.9 Å². The Labute approximate surface area is 121 Å². The van der Waals surface area contributed by atoms with Crippen LogP contribution in [-0.4, -0.2) is 37.9 Å². The summed E-state index contributed by atoms with van der Waals surface area (Å²) in [4.78, 5) is 13.1. The van der Waals surface area contributed by atoms with Crippen LogP contribution in [0.25, 0.3) is 0 Å². The topological polar surface area (TPSA) is 49.8 Å². The summed E-state index contributed by atoms with van der Waals surface area (Å²) < 4.78 is 6.09. The maximum Gasteiger partial charge on any atom is 0.336 e. The van der Waals surface area contributed by atoms with Crippen molar-refractivity contribution in [3.63, 3.8) is 0 Å². The standard InChI is InChI=1S/C14H18BrNO3/c1-16(8-10-3-2-6-19-9-10)11-4-5-12(14(17)18)13(15)7-11/h4-5,7,10H,2-3,6,8-9H2,1H3,(H,17,18). The molecule has 104 valence electrons. The highest BCUT2D eigenvalue weighted by Crippen LogP contribution is 2.25. The van der Waals surface area contributed by atoms with Crippen LogP contribution in [0.2, 0.25) is 0 Å². The number of hydrogen-bond acceptors (Lipinski definition) is 3. The monoisotopic (exact) mass is 327 g/mol. The van der Waals surface area contributed by atoms with Crippen molar-refractivity contribution >= 4 is 27.6 Å². The van der Waals surface area contributed by atoms with Gasteiger partial charge in [-0.3, -0.25) is 0 Å². The molecule has 1 saturated heterocycles. The molecule has 1 aliphatic rings. The van der Waals surface area contributed by atoms with E-state index in [0.717, 1.165) is 31.9 Å². The first-order chi connectivity index (χ1) is 9.08. The number of carboxylic acids is 1. The third-order valence-electron chi connectivity index (χ3n) is 3.41. The number of carbonyl (C=O) groups is 1. The van der Waals surface area contributed by atoms with Crippen molar-refractivity contribution in [2.45, 2.75) is 12.8 Å². The number of anilines is 1. The number of carboxylic acid groups (broad SMARTS) is 1. The van der Waals surface area contributed by atoms with E-state index in [2.05, 4.69) is 20.8 Å². The second kappa shape index (κ2) is 6.39. The summed E-state index contributed by atoms with van der Waals surface area (Å²) in [6.07, 6.45) is 2.32. The van der Waals surface area contributed by atoms with Gasteiger partial charge in [0.05, 0.1) is 12.2 Å². The van der Waals surface area contributed by atoms with E-state index in [9.17, 15) is 4.79 Å². The normalized spacial score (nSPS) is 19.2. The van der Waals surface area contributed by atoms with Gasteiger partial charge in [-0.1, -0.05) is 0 Å². The van der Waals surface area contributed by atoms with Gasteiger partial charge in [0, 0.05) is 30.4 Å². The molecule has 19 heavy (non-hydrogen) atoms. The van der Waals surface area contributed by atoms with Crippen LogP contribution in [0, 0.1) is 5.92 Å². The van der Waals surface area contributed by atoms with E-state index in [1.54, 1.807) is 6.07 Å². The molecule has 1 aromatic rings. The highest BCUT2D eigenvalue weighted by molar-refractivity contribution is 9.10. The van der Waals surface area contributed by atoms with E-state index >= 15 is 0 Å². The van der Waals surface area contributed by atoms with Crippen LogP contribution in [0.5, 0.6) is 0 Å². The van der Waals surface area contributed by atoms with Crippen molar-refractivity contribution in [1.82, 2.24) is 0 Å². The van der Waals surface area contributed by atoms with E-state index in [-0.39, 0.29) is 5.56 Å². The second-order valence-electron chi connectivity index (χ2n) is 4.93. The van der Waals surface area contributed by atoms with Crippen molar-refractivity contribution in [3.05, 3.63) is 28.2 Å². The third kappa shape index (κ3) is 3.70. The van der Waals surface area contributed by atoms with Gasteiger partial charge in [0.2, 0.25) is 0 Å². The van der Waals surface area contributed by atoms with Crippen molar-refractivity contribution in [2.75, 3.05) is 31.7 Å². The molecule has 1 atom stereocenters. The zero-order valence-electron chi connectivity index (χ0n) is 10.9. The Hall–Kier alpha value is -1.07. The first-order valence-electron chi connectivity index (χ1n) is 6.39. The number of benzene rings is 1. The number of aromatic carboxylic acids is 1. The fraction of sp³-hybridized carbons (Fsp3) is 0.500. The lowest BCUT2D eigenvalue weighted by Gasteiger charge is -2.28. The van der Waals surface area contributed by atoms with Gasteiger partial charge in [-0.25, -0.2) is 4.79 Å². The molecule has 0 saturated carbocycles. The third-order valence-corrected chi connectivity index (χ3v) is 4.07. The lowest BCUT2D eigenvalue weighted by atomic mass is 10.0. The summed E-state index contributed by atoms with van der Waals surface area (Å²) in [6.45, 7) is 2.62. The van der Waals surface area contributed by atoms with Gasteiger partial charge in [0.1, 0.15) is 0 Å². The molecule has 0 radical (unpaired) electrons. The minimum atomic E-state index is -0.915. The van der Waals surface area contributed by atoms with Gasteiger partial charge in [-0.15, -0.1) is 0 Å². The maximum absolute atomic E-state index is 11.0. The summed E-state index contributed by atoms with van der Waals surface area (Å²) in [7, 11) is 2.02. The molecule has 0 aromatic heterocycles. The van der Waals surface area contributed by atoms with Gasteiger partial charge in [0.15, 0.2) is 0 Å². The molecule has 1 aliphatic heterocycles. The van der Waals surface area contributed by atoms with E-state index in [1.165, 1.54) is 6.42 Å². The fourth-order valence-electron chi connectivity index (χ4n) is 2.36. The van der Waals surface area contributed by atoms with E-state index in [4.69, 9.17) is 9.84 Å². The smallest absolute Gasteiger partial charge is 0.336 e. The number of rotatable bonds is 4. The van der Waals surface area contributed by atoms with Crippen LogP contribution in [0.15, 0.2) is 22.7 Å². The first kappa shape index (κ1) is 14.3. The number of halogens is 1. The number of ether oxygens (including phenoxy) is 1. The minimum Gasteiger partial charge on any atom is -0.478 e. The van der Waals surface area contributed by atoms with Gasteiger partial charge in [-0.05, 0) is 52.9 Å². The average Bonchev–Trinajstić information content (AvgIpc) is 2.39. The second-order valence-corrected chi connectivity index (χ2v) is 5.79. The molecule has 0 amide bonds.